The highest BCUT2D eigenvalue weighted by molar-refractivity contribution is 5.60. The van der Waals surface area contributed by atoms with E-state index < -0.39 is 6.16 Å². The normalized spacial score (nSPS) is 21.9. The molecular weight excluding hydrogens is 110 g/mol. The van der Waals surface area contributed by atoms with Crippen LogP contribution < -0.4 is 5.73 Å². The number of cyclic esters (lactones) is 2. The van der Waals surface area contributed by atoms with Crippen LogP contribution in [0.3, 0.4) is 0 Å². The van der Waals surface area contributed by atoms with Crippen molar-refractivity contribution in [3.05, 3.63) is 0 Å². The van der Waals surface area contributed by atoms with Gasteiger partial charge < -0.3 is 15.2 Å². The molecule has 0 spiro atoms. The highest BCUT2D eigenvalue weighted by Gasteiger charge is 2.18. The molecule has 3 N–H and O–H groups in total. The second-order valence-electron chi connectivity index (χ2n) is 1.74. The van der Waals surface area contributed by atoms with Crippen molar-refractivity contribution < 1.29 is 20.0 Å². The van der Waals surface area contributed by atoms with Crippen LogP contribution in [-0.4, -0.2) is 25.4 Å². The minimum atomic E-state index is -0.579. The average molecular weight is 118 g/mol. The summed E-state index contributed by atoms with van der Waals surface area (Å²) in [5, 5.41) is 0. The van der Waals surface area contributed by atoms with Gasteiger partial charge in [0.2, 0.25) is 0 Å². The van der Waals surface area contributed by atoms with E-state index in [1.165, 1.54) is 0 Å². The summed E-state index contributed by atoms with van der Waals surface area (Å²) in [5.41, 5.74) is 3.63. The van der Waals surface area contributed by atoms with Crippen LogP contribution in [-0.2, 0) is 9.47 Å². The Bertz CT molecular complexity index is 93.5. The van der Waals surface area contributed by atoms with Crippen molar-refractivity contribution in [2.45, 2.75) is 6.04 Å². The van der Waals surface area contributed by atoms with Crippen molar-refractivity contribution in [2.24, 2.45) is 0 Å². The number of hydrogen-bond donors (Lipinski definition) is 1. The van der Waals surface area contributed by atoms with Crippen molar-refractivity contribution in [3.63, 3.8) is 0 Å². The highest BCUT2D eigenvalue weighted by atomic mass is 16.7. The van der Waals surface area contributed by atoms with Crippen molar-refractivity contribution in [2.75, 3.05) is 13.2 Å². The number of carbonyl (C=O) groups is 1. The molecule has 0 aromatic carbocycles. The Morgan fingerprint density at radius 1 is 1.50 bits per heavy atom. The first kappa shape index (κ1) is 5.37. The van der Waals surface area contributed by atoms with Gasteiger partial charge in [0.25, 0.3) is 0 Å². The lowest BCUT2D eigenvalue weighted by Gasteiger charge is -2.14. The Morgan fingerprint density at radius 3 is 2.38 bits per heavy atom. The molecule has 0 amide bonds. The second-order valence-corrected chi connectivity index (χ2v) is 1.74. The zero-order chi connectivity index (χ0) is 5.98. The van der Waals surface area contributed by atoms with Gasteiger partial charge in [-0.2, -0.15) is 0 Å². The zero-order valence-corrected chi connectivity index (χ0v) is 4.42. The van der Waals surface area contributed by atoms with Gasteiger partial charge in [-0.25, -0.2) is 4.79 Å². The fourth-order valence-corrected chi connectivity index (χ4v) is 0.462. The summed E-state index contributed by atoms with van der Waals surface area (Å²) in [6.07, 6.45) is -0.579. The molecule has 0 aromatic heterocycles. The first-order chi connectivity index (χ1) is 3.79. The Balaban J connectivity index is 2.29. The maximum absolute atomic E-state index is 10.1. The van der Waals surface area contributed by atoms with Crippen LogP contribution in [0.15, 0.2) is 0 Å². The third-order valence-electron chi connectivity index (χ3n) is 0.874. The predicted octanol–water partition coefficient (Wildman–Crippen LogP) is -1.24. The first-order valence-electron chi connectivity index (χ1n) is 2.41. The summed E-state index contributed by atoms with van der Waals surface area (Å²) in [5.74, 6) is 0. The summed E-state index contributed by atoms with van der Waals surface area (Å²) in [6.45, 7) is 0.775. The van der Waals surface area contributed by atoms with Gasteiger partial charge in [0, 0.05) is 0 Å². The second kappa shape index (κ2) is 2.00. The molecule has 1 fully saturated rings. The molecule has 0 saturated carbocycles. The van der Waals surface area contributed by atoms with Gasteiger partial charge in [-0.15, -0.1) is 0 Å². The lowest BCUT2D eigenvalue weighted by molar-refractivity contribution is -0.436. The smallest absolute Gasteiger partial charge is 0.428 e. The summed E-state index contributed by atoms with van der Waals surface area (Å²) < 4.78 is 8.93. The molecule has 0 radical (unpaired) electrons. The molecule has 0 bridgehead atoms. The molecule has 1 saturated heterocycles. The van der Waals surface area contributed by atoms with Gasteiger partial charge in [0.1, 0.15) is 13.2 Å². The quantitative estimate of drug-likeness (QED) is 0.405. The maximum Gasteiger partial charge on any atom is 0.508 e. The van der Waals surface area contributed by atoms with Crippen LogP contribution in [0.5, 0.6) is 0 Å². The summed E-state index contributed by atoms with van der Waals surface area (Å²) >= 11 is 0. The zero-order valence-electron chi connectivity index (χ0n) is 4.42. The van der Waals surface area contributed by atoms with E-state index in [9.17, 15) is 4.79 Å². The number of quaternary nitrogens is 1. The van der Waals surface area contributed by atoms with Gasteiger partial charge in [0.05, 0.1) is 0 Å². The molecule has 1 aliphatic rings. The number of carbonyl (C=O) groups excluding carboxylic acids is 1. The summed E-state index contributed by atoms with van der Waals surface area (Å²) in [4.78, 5) is 10.1. The predicted molar refractivity (Wildman–Crippen MR) is 24.0 cm³/mol. The Kier molecular flexibility index (Phi) is 1.34. The molecule has 4 nitrogen and oxygen atoms in total. The monoisotopic (exact) mass is 118 g/mol. The van der Waals surface area contributed by atoms with Crippen LogP contribution in [0.2, 0.25) is 0 Å². The average Bonchev–Trinajstić information content (AvgIpc) is 1.77. The van der Waals surface area contributed by atoms with E-state index in [0.717, 1.165) is 0 Å². The van der Waals surface area contributed by atoms with Crippen LogP contribution in [0.1, 0.15) is 0 Å². The summed E-state index contributed by atoms with van der Waals surface area (Å²) in [6, 6.07) is 0.104. The molecule has 46 valence electrons. The Morgan fingerprint density at radius 2 is 2.00 bits per heavy atom. The van der Waals surface area contributed by atoms with E-state index >= 15 is 0 Å². The molecule has 8 heavy (non-hydrogen) atoms. The minimum absolute atomic E-state index is 0.104. The molecule has 0 aromatic rings. The van der Waals surface area contributed by atoms with E-state index in [0.29, 0.717) is 13.2 Å². The van der Waals surface area contributed by atoms with Crippen LogP contribution in [0, 0.1) is 0 Å². The highest BCUT2D eigenvalue weighted by Crippen LogP contribution is 1.94. The van der Waals surface area contributed by atoms with E-state index in [2.05, 4.69) is 15.2 Å². The molecule has 1 heterocycles. The van der Waals surface area contributed by atoms with Crippen LogP contribution >= 0.6 is 0 Å². The third kappa shape index (κ3) is 1.10. The number of hydrogen-bond acceptors (Lipinski definition) is 3. The van der Waals surface area contributed by atoms with E-state index in [4.69, 9.17) is 0 Å². The largest absolute Gasteiger partial charge is 0.508 e. The van der Waals surface area contributed by atoms with Gasteiger partial charge >= 0.3 is 6.16 Å². The van der Waals surface area contributed by atoms with Gasteiger partial charge in [-0.05, 0) is 0 Å². The minimum Gasteiger partial charge on any atom is -0.428 e. The Hall–Kier alpha value is -0.770. The van der Waals surface area contributed by atoms with E-state index in [-0.39, 0.29) is 6.04 Å². The standard InChI is InChI=1S/C4H7NO3/c5-3-1-7-4(6)8-2-3/h3H,1-2,5H2/p+1. The molecule has 0 aliphatic carbocycles. The summed E-state index contributed by atoms with van der Waals surface area (Å²) in [7, 11) is 0. The third-order valence-corrected chi connectivity index (χ3v) is 0.874. The fourth-order valence-electron chi connectivity index (χ4n) is 0.462. The van der Waals surface area contributed by atoms with Crippen molar-refractivity contribution in [1.82, 2.24) is 0 Å². The van der Waals surface area contributed by atoms with Crippen molar-refractivity contribution in [1.29, 1.82) is 0 Å². The fraction of sp³-hybridized carbons (Fsp3) is 0.750. The lowest BCUT2D eigenvalue weighted by atomic mass is 10.3. The van der Waals surface area contributed by atoms with Gasteiger partial charge in [-0.3, -0.25) is 0 Å². The molecule has 1 rings (SSSR count). The molecule has 1 aliphatic heterocycles. The van der Waals surface area contributed by atoms with Crippen LogP contribution in [0.25, 0.3) is 0 Å². The topological polar surface area (TPSA) is 63.2 Å². The van der Waals surface area contributed by atoms with Crippen LogP contribution in [0.4, 0.5) is 4.79 Å². The van der Waals surface area contributed by atoms with E-state index in [1.807, 2.05) is 0 Å². The molecular formula is C4H8NO3+. The maximum atomic E-state index is 10.1. The SMILES string of the molecule is [NH3+]C1COC(=O)OC1. The molecule has 0 unspecified atom stereocenters. The molecule has 4 heteroatoms. The Labute approximate surface area is 46.6 Å². The molecule has 0 atom stereocenters. The first-order valence-corrected chi connectivity index (χ1v) is 2.41. The lowest BCUT2D eigenvalue weighted by Crippen LogP contribution is -2.67. The van der Waals surface area contributed by atoms with Gasteiger partial charge in [0.15, 0.2) is 6.04 Å². The van der Waals surface area contributed by atoms with Crippen molar-refractivity contribution >= 4 is 6.16 Å². The number of ether oxygens (including phenoxy) is 2. The van der Waals surface area contributed by atoms with Crippen molar-refractivity contribution in [3.8, 4) is 0 Å². The van der Waals surface area contributed by atoms with E-state index in [1.54, 1.807) is 0 Å². The number of rotatable bonds is 0. The van der Waals surface area contributed by atoms with Gasteiger partial charge in [-0.1, -0.05) is 0 Å².